The molecule has 8 rings (SSSR count). The van der Waals surface area contributed by atoms with E-state index in [9.17, 15) is 24.3 Å². The van der Waals surface area contributed by atoms with E-state index in [1.165, 1.54) is 6.26 Å². The fourth-order valence-corrected chi connectivity index (χ4v) is 9.31. The maximum atomic E-state index is 14.9. The number of amides is 2. The normalized spacial score (nSPS) is 26.4. The van der Waals surface area contributed by atoms with E-state index in [-0.39, 0.29) is 52.2 Å². The lowest BCUT2D eigenvalue weighted by molar-refractivity contribution is -0.217. The molecular formula is C46H53N3O12. The summed E-state index contributed by atoms with van der Waals surface area (Å²) in [5.41, 5.74) is 2.70. The van der Waals surface area contributed by atoms with Gasteiger partial charge in [-0.1, -0.05) is 60.7 Å². The number of esters is 2. The number of carbonyl (C=O) groups is 4. The van der Waals surface area contributed by atoms with Crippen molar-refractivity contribution in [1.82, 2.24) is 15.7 Å². The summed E-state index contributed by atoms with van der Waals surface area (Å²) in [4.78, 5) is 61.5. The number of aliphatic hydroxyl groups is 2. The molecule has 0 aromatic heterocycles. The van der Waals surface area contributed by atoms with Gasteiger partial charge in [-0.3, -0.25) is 24.0 Å². The highest BCUT2D eigenvalue weighted by molar-refractivity contribution is 5.95. The summed E-state index contributed by atoms with van der Waals surface area (Å²) >= 11 is 0. The number of hydroxylamine groups is 2. The molecule has 324 valence electrons. The highest BCUT2D eigenvalue weighted by Crippen LogP contribution is 2.58. The van der Waals surface area contributed by atoms with Gasteiger partial charge in [-0.2, -0.15) is 5.06 Å². The Hall–Kier alpha value is -5.16. The quantitative estimate of drug-likeness (QED) is 0.0992. The van der Waals surface area contributed by atoms with Crippen molar-refractivity contribution in [3.8, 4) is 0 Å². The molecule has 5 aliphatic rings. The van der Waals surface area contributed by atoms with E-state index in [1.54, 1.807) is 56.2 Å². The molecule has 2 aliphatic carbocycles. The fourth-order valence-electron chi connectivity index (χ4n) is 9.31. The number of aliphatic hydroxyl groups excluding tert-OH is 2. The van der Waals surface area contributed by atoms with Crippen molar-refractivity contribution < 1.29 is 57.9 Å². The summed E-state index contributed by atoms with van der Waals surface area (Å²) in [7, 11) is 0. The molecule has 7 atom stereocenters. The van der Waals surface area contributed by atoms with Crippen molar-refractivity contribution in [2.75, 3.05) is 19.8 Å². The third-order valence-electron chi connectivity index (χ3n) is 11.9. The summed E-state index contributed by atoms with van der Waals surface area (Å²) in [6.07, 6.45) is 1.56. The Labute approximate surface area is 354 Å². The lowest BCUT2D eigenvalue weighted by atomic mass is 9.62. The molecule has 7 unspecified atom stereocenters. The van der Waals surface area contributed by atoms with E-state index in [0.29, 0.717) is 24.0 Å². The van der Waals surface area contributed by atoms with Gasteiger partial charge in [-0.05, 0) is 73.2 Å². The Morgan fingerprint density at radius 3 is 2.44 bits per heavy atom. The lowest BCUT2D eigenvalue weighted by Crippen LogP contribution is -2.69. The van der Waals surface area contributed by atoms with Crippen molar-refractivity contribution in [2.45, 2.75) is 114 Å². The fraction of sp³-hybridized carbons (Fsp3) is 0.478. The zero-order chi connectivity index (χ0) is 42.9. The Kier molecular flexibility index (Phi) is 12.1. The monoisotopic (exact) mass is 839 g/mol. The molecule has 3 aromatic rings. The molecule has 15 nitrogen and oxygen atoms in total. The predicted octanol–water partition coefficient (Wildman–Crippen LogP) is 3.27. The van der Waals surface area contributed by atoms with Crippen LogP contribution in [-0.4, -0.2) is 107 Å². The number of benzene rings is 3. The number of hydrogen-bond acceptors (Lipinski definition) is 13. The zero-order valence-corrected chi connectivity index (χ0v) is 34.5. The van der Waals surface area contributed by atoms with Crippen LogP contribution in [0, 0.1) is 5.41 Å². The molecular weight excluding hydrogens is 787 g/mol. The minimum Gasteiger partial charge on any atom is -0.499 e. The van der Waals surface area contributed by atoms with Crippen molar-refractivity contribution in [3.05, 3.63) is 112 Å². The Morgan fingerprint density at radius 1 is 0.967 bits per heavy atom. The Balaban J connectivity index is 1.02. The number of hydrogen-bond donors (Lipinski definition) is 4. The number of rotatable bonds is 15. The molecule has 0 radical (unpaired) electrons. The SMILES string of the molecule is CC(C)(C)OC(=O)CCC(CO)NC(=O)c1cccc(CNC(=O)C23CC4OC(=O)C2N(Cc2cccc(C=COCCO)c2)OC3C2OC3(Cc5ccccc5C3)OC42)c1. The minimum atomic E-state index is -1.42. The van der Waals surface area contributed by atoms with Gasteiger partial charge in [0, 0.05) is 37.8 Å². The smallest absolute Gasteiger partial charge is 0.327 e. The number of carbonyl (C=O) groups excluding carboxylic acids is 4. The maximum absolute atomic E-state index is 14.9. The second kappa shape index (κ2) is 17.3. The second-order valence-electron chi connectivity index (χ2n) is 17.4. The van der Waals surface area contributed by atoms with Crippen LogP contribution in [-0.2, 0) is 68.8 Å². The largest absolute Gasteiger partial charge is 0.499 e. The van der Waals surface area contributed by atoms with Crippen LogP contribution in [0.2, 0.25) is 0 Å². The van der Waals surface area contributed by atoms with E-state index >= 15 is 0 Å². The molecule has 2 bridgehead atoms. The van der Waals surface area contributed by atoms with Gasteiger partial charge in [-0.15, -0.1) is 0 Å². The molecule has 3 aromatic carbocycles. The van der Waals surface area contributed by atoms with Crippen LogP contribution >= 0.6 is 0 Å². The van der Waals surface area contributed by atoms with Gasteiger partial charge < -0.3 is 44.5 Å². The molecule has 3 heterocycles. The van der Waals surface area contributed by atoms with Crippen molar-refractivity contribution >= 4 is 29.8 Å². The van der Waals surface area contributed by atoms with Crippen LogP contribution in [0.1, 0.15) is 78.2 Å². The second-order valence-corrected chi connectivity index (χ2v) is 17.4. The molecule has 15 heteroatoms. The van der Waals surface area contributed by atoms with Crippen molar-refractivity contribution in [1.29, 1.82) is 0 Å². The van der Waals surface area contributed by atoms with Crippen molar-refractivity contribution in [2.24, 2.45) is 5.41 Å². The first-order valence-corrected chi connectivity index (χ1v) is 20.8. The van der Waals surface area contributed by atoms with E-state index < -0.39 is 77.1 Å². The highest BCUT2D eigenvalue weighted by atomic mass is 16.8. The first kappa shape index (κ1) is 42.5. The standard InChI is InChI=1S/C46H53N3O12/c1-44(2,3)58-36(52)15-14-34(27-51)48-41(53)31-13-7-9-29(21-31)25-47-43(55)46-24-35-37-38(60-45(59-37)22-32-11-4-5-12-33(32)23-45)40(46)61-49(39(46)42(54)57-35)26-30-10-6-8-28(20-30)16-18-56-19-17-50/h4-13,16,18,20-21,34-35,37-40,50-51H,14-15,17,19,22-27H2,1-3H3,(H,47,55)(H,48,53). The maximum Gasteiger partial charge on any atom is 0.327 e. The summed E-state index contributed by atoms with van der Waals surface area (Å²) in [6.45, 7) is 5.18. The minimum absolute atomic E-state index is 0.0207. The summed E-state index contributed by atoms with van der Waals surface area (Å²) in [6, 6.07) is 20.6. The van der Waals surface area contributed by atoms with Gasteiger partial charge in [0.15, 0.2) is 11.8 Å². The zero-order valence-electron chi connectivity index (χ0n) is 34.5. The number of fused-ring (bicyclic) bond motifs is 5. The molecule has 61 heavy (non-hydrogen) atoms. The first-order chi connectivity index (χ1) is 29.3. The van der Waals surface area contributed by atoms with Gasteiger partial charge in [-0.25, -0.2) is 0 Å². The Bertz CT molecular complexity index is 2150. The molecule has 4 fully saturated rings. The molecule has 3 saturated heterocycles. The van der Waals surface area contributed by atoms with E-state index in [0.717, 1.165) is 22.3 Å². The first-order valence-electron chi connectivity index (χ1n) is 20.8. The summed E-state index contributed by atoms with van der Waals surface area (Å²) in [5.74, 6) is -2.89. The van der Waals surface area contributed by atoms with Crippen LogP contribution in [0.25, 0.3) is 6.08 Å². The number of ether oxygens (including phenoxy) is 5. The van der Waals surface area contributed by atoms with E-state index in [4.69, 9.17) is 33.6 Å². The van der Waals surface area contributed by atoms with Gasteiger partial charge in [0.1, 0.15) is 42.0 Å². The lowest BCUT2D eigenvalue weighted by Gasteiger charge is -2.48. The van der Waals surface area contributed by atoms with E-state index in [1.807, 2.05) is 48.5 Å². The molecule has 1 saturated carbocycles. The van der Waals surface area contributed by atoms with Crippen molar-refractivity contribution in [3.63, 3.8) is 0 Å². The van der Waals surface area contributed by atoms with Crippen LogP contribution in [0.3, 0.4) is 0 Å². The highest BCUT2D eigenvalue weighted by Gasteiger charge is 2.76. The summed E-state index contributed by atoms with van der Waals surface area (Å²) in [5, 5.41) is 26.4. The van der Waals surface area contributed by atoms with Gasteiger partial charge >= 0.3 is 11.9 Å². The third-order valence-corrected chi connectivity index (χ3v) is 11.9. The third kappa shape index (κ3) is 8.81. The molecule has 3 aliphatic heterocycles. The van der Waals surface area contributed by atoms with Crippen LogP contribution in [0.15, 0.2) is 79.1 Å². The van der Waals surface area contributed by atoms with Gasteiger partial charge in [0.2, 0.25) is 5.91 Å². The number of nitrogens with one attached hydrogen (secondary N) is 2. The average Bonchev–Trinajstić information content (AvgIpc) is 3.91. The van der Waals surface area contributed by atoms with Crippen LogP contribution < -0.4 is 10.6 Å². The number of nitrogens with zero attached hydrogens (tertiary/aromatic N) is 1. The molecule has 1 spiro atoms. The molecule has 4 N–H and O–H groups in total. The van der Waals surface area contributed by atoms with Gasteiger partial charge in [0.05, 0.1) is 32.1 Å². The molecule has 2 amide bonds. The van der Waals surface area contributed by atoms with Gasteiger partial charge in [0.25, 0.3) is 5.91 Å². The van der Waals surface area contributed by atoms with E-state index in [2.05, 4.69) is 10.6 Å². The Morgan fingerprint density at radius 2 is 1.70 bits per heavy atom. The summed E-state index contributed by atoms with van der Waals surface area (Å²) < 4.78 is 30.4. The topological polar surface area (TPSA) is 191 Å². The van der Waals surface area contributed by atoms with Crippen LogP contribution in [0.5, 0.6) is 0 Å². The average molecular weight is 840 g/mol. The predicted molar refractivity (Wildman–Crippen MR) is 218 cm³/mol. The van der Waals surface area contributed by atoms with Crippen LogP contribution in [0.4, 0.5) is 0 Å².